The lowest BCUT2D eigenvalue weighted by Gasteiger charge is -2.14. The number of rotatable bonds is 5. The highest BCUT2D eigenvalue weighted by molar-refractivity contribution is 6.39. The molecule has 0 aliphatic carbocycles. The van der Waals surface area contributed by atoms with Crippen molar-refractivity contribution in [1.29, 1.82) is 5.26 Å². The van der Waals surface area contributed by atoms with Gasteiger partial charge in [-0.3, -0.25) is 0 Å². The summed E-state index contributed by atoms with van der Waals surface area (Å²) in [6.07, 6.45) is 1.09. The van der Waals surface area contributed by atoms with Gasteiger partial charge in [0.1, 0.15) is 11.9 Å². The van der Waals surface area contributed by atoms with Crippen molar-refractivity contribution in [1.82, 2.24) is 15.3 Å². The molecule has 0 radical (unpaired) electrons. The summed E-state index contributed by atoms with van der Waals surface area (Å²) in [5.41, 5.74) is 3.31. The number of aromatic nitrogens is 2. The zero-order valence-corrected chi connectivity index (χ0v) is 19.6. The number of hydrogen-bond donors (Lipinski definition) is 2. The Hall–Kier alpha value is -3.24. The molecule has 2 heterocycles. The van der Waals surface area contributed by atoms with Gasteiger partial charge in [0.15, 0.2) is 0 Å². The van der Waals surface area contributed by atoms with E-state index in [1.807, 2.05) is 24.3 Å². The summed E-state index contributed by atoms with van der Waals surface area (Å²) in [5, 5.41) is 17.6. The second kappa shape index (κ2) is 9.55. The number of nitrogens with zero attached hydrogens (tertiary/aromatic N) is 3. The average molecular weight is 492 g/mol. The summed E-state index contributed by atoms with van der Waals surface area (Å²) in [7, 11) is 0. The summed E-state index contributed by atoms with van der Waals surface area (Å²) in [6.45, 7) is 2.71. The third-order valence-electron chi connectivity index (χ3n) is 6.02. The molecular weight excluding hydrogens is 472 g/mol. The number of nitriles is 1. The van der Waals surface area contributed by atoms with Gasteiger partial charge in [-0.1, -0.05) is 41.4 Å². The van der Waals surface area contributed by atoms with Gasteiger partial charge in [-0.25, -0.2) is 14.4 Å². The van der Waals surface area contributed by atoms with Gasteiger partial charge >= 0.3 is 0 Å². The molecule has 2 N–H and O–H groups in total. The Morgan fingerprint density at radius 3 is 2.56 bits per heavy atom. The van der Waals surface area contributed by atoms with Crippen LogP contribution in [0.5, 0.6) is 0 Å². The molecule has 5 rings (SSSR count). The van der Waals surface area contributed by atoms with Gasteiger partial charge in [-0.05, 0) is 67.4 Å². The molecule has 3 aromatic carbocycles. The third-order valence-corrected chi connectivity index (χ3v) is 6.65. The molecule has 1 unspecified atom stereocenters. The number of benzene rings is 3. The molecule has 8 heteroatoms. The van der Waals surface area contributed by atoms with Crippen LogP contribution < -0.4 is 10.6 Å². The van der Waals surface area contributed by atoms with Crippen molar-refractivity contribution in [3.05, 3.63) is 76.0 Å². The molecule has 170 valence electrons. The first-order valence-corrected chi connectivity index (χ1v) is 11.7. The van der Waals surface area contributed by atoms with Gasteiger partial charge in [0.25, 0.3) is 0 Å². The molecule has 1 fully saturated rings. The fourth-order valence-corrected chi connectivity index (χ4v) is 4.85. The van der Waals surface area contributed by atoms with E-state index < -0.39 is 5.82 Å². The van der Waals surface area contributed by atoms with Crippen LogP contribution in [0.15, 0.2) is 54.6 Å². The van der Waals surface area contributed by atoms with E-state index in [9.17, 15) is 4.39 Å². The lowest BCUT2D eigenvalue weighted by Crippen LogP contribution is -2.18. The van der Waals surface area contributed by atoms with Gasteiger partial charge < -0.3 is 10.6 Å². The smallest absolute Gasteiger partial charge is 0.223 e. The van der Waals surface area contributed by atoms with Crippen molar-refractivity contribution < 1.29 is 4.39 Å². The molecule has 1 aliphatic heterocycles. The molecule has 0 spiro atoms. The van der Waals surface area contributed by atoms with Crippen LogP contribution in [0.2, 0.25) is 10.0 Å². The number of nitrogens with one attached hydrogen (secondary N) is 2. The second-order valence-corrected chi connectivity index (χ2v) is 9.08. The minimum atomic E-state index is -0.594. The number of anilines is 1. The van der Waals surface area contributed by atoms with Crippen molar-refractivity contribution >= 4 is 40.1 Å². The van der Waals surface area contributed by atoms with Crippen molar-refractivity contribution in [2.45, 2.75) is 6.42 Å². The minimum Gasteiger partial charge on any atom is -0.354 e. The fourth-order valence-electron chi connectivity index (χ4n) is 4.23. The van der Waals surface area contributed by atoms with Gasteiger partial charge in [0.2, 0.25) is 5.95 Å². The van der Waals surface area contributed by atoms with Crippen LogP contribution >= 0.6 is 23.2 Å². The summed E-state index contributed by atoms with van der Waals surface area (Å²) in [5.74, 6) is 0.381. The number of fused-ring (bicyclic) bond motifs is 1. The van der Waals surface area contributed by atoms with Gasteiger partial charge in [0.05, 0.1) is 16.8 Å². The first-order chi connectivity index (χ1) is 16.5. The lowest BCUT2D eigenvalue weighted by molar-refractivity contribution is 0.613. The van der Waals surface area contributed by atoms with E-state index in [2.05, 4.69) is 10.6 Å². The SMILES string of the molecule is N#Cc1ccc(-c2nc(NCC3CCNC3)nc3ccc(-c4c(Cl)cccc4Cl)cc23)cc1F. The molecule has 5 nitrogen and oxygen atoms in total. The quantitative estimate of drug-likeness (QED) is 0.342. The van der Waals surface area contributed by atoms with Gasteiger partial charge in [0, 0.05) is 33.1 Å². The summed E-state index contributed by atoms with van der Waals surface area (Å²) >= 11 is 12.9. The first-order valence-electron chi connectivity index (χ1n) is 10.9. The van der Waals surface area contributed by atoms with Gasteiger partial charge in [-0.15, -0.1) is 0 Å². The monoisotopic (exact) mass is 491 g/mol. The molecule has 34 heavy (non-hydrogen) atoms. The van der Waals surface area contributed by atoms with E-state index in [1.54, 1.807) is 24.3 Å². The lowest BCUT2D eigenvalue weighted by atomic mass is 9.99. The Bertz CT molecular complexity index is 1410. The Labute approximate surface area is 206 Å². The highest BCUT2D eigenvalue weighted by atomic mass is 35.5. The highest BCUT2D eigenvalue weighted by Gasteiger charge is 2.18. The Morgan fingerprint density at radius 1 is 1.06 bits per heavy atom. The molecule has 4 aromatic rings. The van der Waals surface area contributed by atoms with Crippen LogP contribution in [-0.2, 0) is 0 Å². The van der Waals surface area contributed by atoms with E-state index in [1.165, 1.54) is 12.1 Å². The van der Waals surface area contributed by atoms with E-state index >= 15 is 0 Å². The summed E-state index contributed by atoms with van der Waals surface area (Å²) < 4.78 is 14.5. The van der Waals surface area contributed by atoms with E-state index in [0.717, 1.165) is 37.0 Å². The second-order valence-electron chi connectivity index (χ2n) is 8.27. The first kappa shape index (κ1) is 22.5. The summed E-state index contributed by atoms with van der Waals surface area (Å²) in [6, 6.07) is 17.4. The predicted octanol–water partition coefficient (Wildman–Crippen LogP) is 6.30. The molecule has 0 bridgehead atoms. The maximum absolute atomic E-state index is 14.5. The molecule has 0 amide bonds. The maximum Gasteiger partial charge on any atom is 0.223 e. The van der Waals surface area contributed by atoms with Crippen molar-refractivity contribution in [3.8, 4) is 28.5 Å². The molecule has 1 saturated heterocycles. The van der Waals surface area contributed by atoms with E-state index in [0.29, 0.717) is 44.2 Å². The molecular formula is C26H20Cl2FN5. The zero-order chi connectivity index (χ0) is 23.7. The maximum atomic E-state index is 14.5. The van der Waals surface area contributed by atoms with E-state index in [-0.39, 0.29) is 5.56 Å². The number of hydrogen-bond acceptors (Lipinski definition) is 5. The average Bonchev–Trinajstić information content (AvgIpc) is 3.36. The number of halogens is 3. The fraction of sp³-hybridized carbons (Fsp3) is 0.192. The van der Waals surface area contributed by atoms with Crippen LogP contribution in [0.1, 0.15) is 12.0 Å². The van der Waals surface area contributed by atoms with Crippen LogP contribution in [0, 0.1) is 23.1 Å². The Balaban J connectivity index is 1.65. The van der Waals surface area contributed by atoms with Crippen LogP contribution in [-0.4, -0.2) is 29.6 Å². The molecule has 1 aliphatic rings. The third kappa shape index (κ3) is 4.43. The van der Waals surface area contributed by atoms with Crippen molar-refractivity contribution in [2.24, 2.45) is 5.92 Å². The Kier molecular flexibility index (Phi) is 6.34. The summed E-state index contributed by atoms with van der Waals surface area (Å²) in [4.78, 5) is 9.45. The molecule has 1 aromatic heterocycles. The minimum absolute atomic E-state index is 0.0160. The standard InChI is InChI=1S/C26H20Cl2FN5/c27-20-2-1-3-21(28)24(20)16-6-7-23-19(10-16)25(17-4-5-18(12-30)22(29)11-17)34-26(33-23)32-14-15-8-9-31-13-15/h1-7,10-11,15,31H,8-9,13-14H2,(H,32,33,34). The topological polar surface area (TPSA) is 73.6 Å². The molecule has 0 saturated carbocycles. The highest BCUT2D eigenvalue weighted by Crippen LogP contribution is 2.38. The van der Waals surface area contributed by atoms with Crippen molar-refractivity contribution in [2.75, 3.05) is 25.0 Å². The van der Waals surface area contributed by atoms with Gasteiger partial charge in [-0.2, -0.15) is 5.26 Å². The largest absolute Gasteiger partial charge is 0.354 e. The zero-order valence-electron chi connectivity index (χ0n) is 18.1. The van der Waals surface area contributed by atoms with Crippen molar-refractivity contribution in [3.63, 3.8) is 0 Å². The molecule has 1 atom stereocenters. The van der Waals surface area contributed by atoms with Crippen LogP contribution in [0.25, 0.3) is 33.3 Å². The Morgan fingerprint density at radius 2 is 1.85 bits per heavy atom. The van der Waals surface area contributed by atoms with Crippen LogP contribution in [0.3, 0.4) is 0 Å². The van der Waals surface area contributed by atoms with Crippen LogP contribution in [0.4, 0.5) is 10.3 Å². The van der Waals surface area contributed by atoms with E-state index in [4.69, 9.17) is 38.4 Å². The predicted molar refractivity (Wildman–Crippen MR) is 135 cm³/mol. The normalized spacial score (nSPS) is 15.4.